The molecule has 0 saturated carbocycles. The minimum Gasteiger partial charge on any atom is -0.455 e. The molecule has 0 unspecified atom stereocenters. The number of esters is 1. The van der Waals surface area contributed by atoms with E-state index in [1.807, 2.05) is 48.5 Å². The number of benzene rings is 1. The van der Waals surface area contributed by atoms with Gasteiger partial charge in [-0.2, -0.15) is 5.10 Å². The number of aryl methyl sites for hydroxylation is 1. The summed E-state index contributed by atoms with van der Waals surface area (Å²) in [6, 6.07) is 15.1. The van der Waals surface area contributed by atoms with Crippen LogP contribution in [0.4, 0.5) is 0 Å². The van der Waals surface area contributed by atoms with E-state index in [1.165, 1.54) is 6.20 Å². The van der Waals surface area contributed by atoms with Crippen molar-refractivity contribution in [2.75, 3.05) is 0 Å². The van der Waals surface area contributed by atoms with Crippen molar-refractivity contribution in [1.29, 1.82) is 0 Å². The molecule has 4 aromatic rings. The average molecular weight is 374 g/mol. The van der Waals surface area contributed by atoms with Crippen LogP contribution in [0.5, 0.6) is 0 Å². The lowest BCUT2D eigenvalue weighted by Gasteiger charge is -2.05. The van der Waals surface area contributed by atoms with Crippen molar-refractivity contribution in [2.45, 2.75) is 20.5 Å². The molecular weight excluding hydrogens is 356 g/mol. The van der Waals surface area contributed by atoms with Gasteiger partial charge in [0.1, 0.15) is 23.6 Å². The number of nitrogens with zero attached hydrogens (tertiary/aromatic N) is 4. The first-order chi connectivity index (χ1) is 13.6. The molecule has 0 fully saturated rings. The van der Waals surface area contributed by atoms with E-state index in [1.54, 1.807) is 24.7 Å². The van der Waals surface area contributed by atoms with E-state index in [4.69, 9.17) is 9.15 Å². The summed E-state index contributed by atoms with van der Waals surface area (Å²) in [5.41, 5.74) is 2.50. The summed E-state index contributed by atoms with van der Waals surface area (Å²) in [5.74, 6) is 1.29. The maximum Gasteiger partial charge on any atom is 0.342 e. The summed E-state index contributed by atoms with van der Waals surface area (Å²) in [4.78, 5) is 21.2. The van der Waals surface area contributed by atoms with Gasteiger partial charge in [-0.25, -0.2) is 19.4 Å². The van der Waals surface area contributed by atoms with Crippen molar-refractivity contribution in [3.63, 3.8) is 0 Å². The van der Waals surface area contributed by atoms with Gasteiger partial charge in [0.25, 0.3) is 0 Å². The Hall–Kier alpha value is -3.74. The van der Waals surface area contributed by atoms with Gasteiger partial charge >= 0.3 is 5.97 Å². The molecule has 7 nitrogen and oxygen atoms in total. The first kappa shape index (κ1) is 17.7. The van der Waals surface area contributed by atoms with Crippen molar-refractivity contribution in [3.8, 4) is 17.3 Å². The summed E-state index contributed by atoms with van der Waals surface area (Å²) in [5, 5.41) is 4.24. The lowest BCUT2D eigenvalue weighted by molar-refractivity contribution is 0.0466. The molecule has 0 bridgehead atoms. The lowest BCUT2D eigenvalue weighted by atomic mass is 10.2. The van der Waals surface area contributed by atoms with Crippen LogP contribution < -0.4 is 0 Å². The van der Waals surface area contributed by atoms with Crippen LogP contribution in [0.15, 0.2) is 65.3 Å². The number of rotatable bonds is 5. The molecule has 1 aromatic carbocycles. The standard InChI is InChI=1S/C21H18N4O3/c1-14-17(12-23-25(14)19-10-6-7-11-22-19)21(26)27-13-18-15(2)28-20(24-18)16-8-4-3-5-9-16/h3-12H,13H2,1-2H3. The Bertz CT molecular complexity index is 1100. The number of hydrogen-bond acceptors (Lipinski definition) is 6. The van der Waals surface area contributed by atoms with Crippen molar-refractivity contribution in [1.82, 2.24) is 19.7 Å². The van der Waals surface area contributed by atoms with E-state index in [0.717, 1.165) is 5.56 Å². The van der Waals surface area contributed by atoms with Gasteiger partial charge in [0.05, 0.1) is 11.9 Å². The van der Waals surface area contributed by atoms with Crippen LogP contribution in [0.2, 0.25) is 0 Å². The second kappa shape index (κ2) is 7.48. The van der Waals surface area contributed by atoms with Crippen LogP contribution in [0.1, 0.15) is 27.5 Å². The third kappa shape index (κ3) is 3.42. The van der Waals surface area contributed by atoms with Crippen LogP contribution >= 0.6 is 0 Å². The lowest BCUT2D eigenvalue weighted by Crippen LogP contribution is -2.08. The van der Waals surface area contributed by atoms with Gasteiger partial charge in [0.2, 0.25) is 5.89 Å². The number of oxazole rings is 1. The maximum atomic E-state index is 12.5. The first-order valence-electron chi connectivity index (χ1n) is 8.78. The average Bonchev–Trinajstić information content (AvgIpc) is 3.30. The van der Waals surface area contributed by atoms with Crippen LogP contribution in [0.25, 0.3) is 17.3 Å². The van der Waals surface area contributed by atoms with Gasteiger partial charge in [0.15, 0.2) is 5.82 Å². The molecule has 0 saturated heterocycles. The molecule has 0 atom stereocenters. The molecule has 7 heteroatoms. The van der Waals surface area contributed by atoms with Crippen molar-refractivity contribution < 1.29 is 13.9 Å². The van der Waals surface area contributed by atoms with Crippen LogP contribution in [0.3, 0.4) is 0 Å². The highest BCUT2D eigenvalue weighted by molar-refractivity contribution is 5.90. The van der Waals surface area contributed by atoms with E-state index < -0.39 is 5.97 Å². The van der Waals surface area contributed by atoms with Gasteiger partial charge < -0.3 is 9.15 Å². The second-order valence-electron chi connectivity index (χ2n) is 6.21. The third-order valence-corrected chi connectivity index (χ3v) is 4.35. The fourth-order valence-electron chi connectivity index (χ4n) is 2.80. The minimum atomic E-state index is -0.469. The van der Waals surface area contributed by atoms with E-state index in [0.29, 0.717) is 34.4 Å². The quantitative estimate of drug-likeness (QED) is 0.493. The smallest absolute Gasteiger partial charge is 0.342 e. The summed E-state index contributed by atoms with van der Waals surface area (Å²) in [7, 11) is 0. The van der Waals surface area contributed by atoms with Crippen LogP contribution in [0, 0.1) is 13.8 Å². The topological polar surface area (TPSA) is 83.0 Å². The number of ether oxygens (including phenoxy) is 1. The SMILES string of the molecule is Cc1oc(-c2ccccc2)nc1COC(=O)c1cnn(-c2ccccn2)c1C. The highest BCUT2D eigenvalue weighted by Gasteiger charge is 2.19. The molecule has 3 heterocycles. The van der Waals surface area contributed by atoms with E-state index >= 15 is 0 Å². The number of aromatic nitrogens is 4. The Morgan fingerprint density at radius 2 is 1.89 bits per heavy atom. The minimum absolute atomic E-state index is 0.0230. The molecule has 4 rings (SSSR count). The molecule has 0 aliphatic carbocycles. The van der Waals surface area contributed by atoms with Gasteiger partial charge in [-0.05, 0) is 38.1 Å². The van der Waals surface area contributed by atoms with Crippen molar-refractivity contribution >= 4 is 5.97 Å². The zero-order valence-electron chi connectivity index (χ0n) is 15.5. The van der Waals surface area contributed by atoms with Gasteiger partial charge in [-0.3, -0.25) is 0 Å². The molecule has 0 radical (unpaired) electrons. The first-order valence-corrected chi connectivity index (χ1v) is 8.78. The normalized spacial score (nSPS) is 10.8. The second-order valence-corrected chi connectivity index (χ2v) is 6.21. The van der Waals surface area contributed by atoms with Crippen molar-refractivity contribution in [2.24, 2.45) is 0 Å². The number of pyridine rings is 1. The summed E-state index contributed by atoms with van der Waals surface area (Å²) in [6.45, 7) is 3.62. The van der Waals surface area contributed by atoms with E-state index in [9.17, 15) is 4.79 Å². The Balaban J connectivity index is 1.48. The molecule has 0 amide bonds. The fraction of sp³-hybridized carbons (Fsp3) is 0.143. The van der Waals surface area contributed by atoms with Gasteiger partial charge in [-0.1, -0.05) is 24.3 Å². The Morgan fingerprint density at radius 3 is 2.64 bits per heavy atom. The van der Waals surface area contributed by atoms with E-state index in [2.05, 4.69) is 15.1 Å². The summed E-state index contributed by atoms with van der Waals surface area (Å²) >= 11 is 0. The Labute approximate surface area is 161 Å². The molecule has 0 spiro atoms. The molecular formula is C21H18N4O3. The number of carbonyl (C=O) groups is 1. The molecule has 0 aliphatic rings. The molecule has 3 aromatic heterocycles. The number of hydrogen-bond donors (Lipinski definition) is 0. The largest absolute Gasteiger partial charge is 0.455 e. The molecule has 0 N–H and O–H groups in total. The highest BCUT2D eigenvalue weighted by atomic mass is 16.5. The van der Waals surface area contributed by atoms with Crippen LogP contribution in [-0.4, -0.2) is 25.7 Å². The van der Waals surface area contributed by atoms with E-state index in [-0.39, 0.29) is 6.61 Å². The summed E-state index contributed by atoms with van der Waals surface area (Å²) < 4.78 is 12.7. The molecule has 28 heavy (non-hydrogen) atoms. The Kier molecular flexibility index (Phi) is 4.72. The predicted molar refractivity (Wildman–Crippen MR) is 102 cm³/mol. The van der Waals surface area contributed by atoms with Gasteiger partial charge in [-0.15, -0.1) is 0 Å². The Morgan fingerprint density at radius 1 is 1.11 bits per heavy atom. The summed E-state index contributed by atoms with van der Waals surface area (Å²) in [6.07, 6.45) is 3.16. The zero-order valence-corrected chi connectivity index (χ0v) is 15.5. The number of carbonyl (C=O) groups excluding carboxylic acids is 1. The third-order valence-electron chi connectivity index (χ3n) is 4.35. The molecule has 0 aliphatic heterocycles. The predicted octanol–water partition coefficient (Wildman–Crippen LogP) is 3.90. The fourth-order valence-corrected chi connectivity index (χ4v) is 2.80. The van der Waals surface area contributed by atoms with Crippen LogP contribution in [-0.2, 0) is 11.3 Å². The maximum absolute atomic E-state index is 12.5. The zero-order chi connectivity index (χ0) is 19.5. The molecule has 140 valence electrons. The monoisotopic (exact) mass is 374 g/mol. The highest BCUT2D eigenvalue weighted by Crippen LogP contribution is 2.22. The van der Waals surface area contributed by atoms with Crippen molar-refractivity contribution in [3.05, 3.63) is 83.6 Å². The van der Waals surface area contributed by atoms with Gasteiger partial charge in [0, 0.05) is 11.8 Å².